The van der Waals surface area contributed by atoms with E-state index in [1.165, 1.54) is 25.3 Å². The van der Waals surface area contributed by atoms with Crippen molar-refractivity contribution >= 4 is 11.9 Å². The van der Waals surface area contributed by atoms with E-state index in [1.807, 2.05) is 0 Å². The highest BCUT2D eigenvalue weighted by atomic mass is 16.6. The Hall–Kier alpha value is -2.24. The van der Waals surface area contributed by atoms with Crippen molar-refractivity contribution in [3.63, 3.8) is 0 Å². The van der Waals surface area contributed by atoms with Crippen LogP contribution in [0.4, 0.5) is 0 Å². The number of carbonyl (C=O) groups is 2. The topological polar surface area (TPSA) is 82.1 Å². The zero-order chi connectivity index (χ0) is 13.1. The van der Waals surface area contributed by atoms with Gasteiger partial charge in [0.25, 0.3) is 0 Å². The van der Waals surface area contributed by atoms with E-state index in [9.17, 15) is 14.7 Å². The van der Waals surface area contributed by atoms with Gasteiger partial charge in [0.1, 0.15) is 17.1 Å². The van der Waals surface area contributed by atoms with Gasteiger partial charge in [-0.3, -0.25) is 0 Å². The number of methoxy groups -OCH3 is 1. The van der Waals surface area contributed by atoms with Gasteiger partial charge in [-0.15, -0.1) is 0 Å². The summed E-state index contributed by atoms with van der Waals surface area (Å²) in [7, 11) is 1.45. The van der Waals surface area contributed by atoms with Crippen molar-refractivity contribution in [1.29, 1.82) is 0 Å². The largest absolute Gasteiger partial charge is 0.507 e. The molecule has 6 nitrogen and oxygen atoms in total. The van der Waals surface area contributed by atoms with E-state index in [4.69, 9.17) is 9.47 Å². The third kappa shape index (κ3) is 2.37. The number of cyclic esters (lactones) is 1. The maximum atomic E-state index is 11.7. The van der Waals surface area contributed by atoms with E-state index in [0.29, 0.717) is 12.2 Å². The molecule has 2 rings (SSSR count). The minimum Gasteiger partial charge on any atom is -0.507 e. The van der Waals surface area contributed by atoms with Crippen LogP contribution in [0.2, 0.25) is 0 Å². The minimum atomic E-state index is -0.890. The molecular weight excluding hydrogens is 240 g/mol. The Labute approximate surface area is 103 Å². The summed E-state index contributed by atoms with van der Waals surface area (Å²) in [4.78, 5) is 22.9. The van der Waals surface area contributed by atoms with Gasteiger partial charge in [0.05, 0.1) is 13.7 Å². The van der Waals surface area contributed by atoms with Crippen LogP contribution in [0, 0.1) is 0 Å². The molecular formula is C12H12O6. The predicted octanol–water partition coefficient (Wildman–Crippen LogP) is 0.873. The van der Waals surface area contributed by atoms with Gasteiger partial charge in [-0.05, 0) is 12.1 Å². The molecule has 0 amide bonds. The Morgan fingerprint density at radius 2 is 2.28 bits per heavy atom. The quantitative estimate of drug-likeness (QED) is 0.804. The average molecular weight is 252 g/mol. The smallest absolute Gasteiger partial charge is 0.347 e. The van der Waals surface area contributed by atoms with Crippen LogP contribution in [0.15, 0.2) is 18.2 Å². The van der Waals surface area contributed by atoms with Crippen LogP contribution in [0.25, 0.3) is 0 Å². The lowest BCUT2D eigenvalue weighted by molar-refractivity contribution is -0.145. The van der Waals surface area contributed by atoms with Crippen molar-refractivity contribution in [1.82, 2.24) is 0 Å². The summed E-state index contributed by atoms with van der Waals surface area (Å²) in [6.07, 6.45) is -0.555. The molecule has 0 bridgehead atoms. The minimum absolute atomic E-state index is 0.0181. The van der Waals surface area contributed by atoms with E-state index >= 15 is 0 Å². The summed E-state index contributed by atoms with van der Waals surface area (Å²) in [5, 5.41) is 9.64. The van der Waals surface area contributed by atoms with Crippen LogP contribution in [0.5, 0.6) is 11.5 Å². The van der Waals surface area contributed by atoms with E-state index in [1.54, 1.807) is 0 Å². The molecule has 96 valence electrons. The molecule has 1 aromatic carbocycles. The number of hydrogen-bond acceptors (Lipinski definition) is 6. The second-order valence-electron chi connectivity index (χ2n) is 3.73. The number of carbonyl (C=O) groups excluding carboxylic acids is 2. The summed E-state index contributed by atoms with van der Waals surface area (Å²) in [5.74, 6) is -1.16. The number of benzene rings is 1. The van der Waals surface area contributed by atoms with Crippen molar-refractivity contribution in [3.05, 3.63) is 23.8 Å². The number of esters is 2. The van der Waals surface area contributed by atoms with Crippen molar-refractivity contribution in [3.8, 4) is 11.5 Å². The summed E-state index contributed by atoms with van der Waals surface area (Å²) in [6, 6.07) is 4.18. The molecule has 1 aliphatic rings. The fourth-order valence-electron chi connectivity index (χ4n) is 1.59. The molecule has 1 saturated heterocycles. The van der Waals surface area contributed by atoms with Gasteiger partial charge in [-0.2, -0.15) is 0 Å². The number of hydrogen-bond donors (Lipinski definition) is 1. The molecule has 1 heterocycles. The van der Waals surface area contributed by atoms with Gasteiger partial charge in [-0.25, -0.2) is 9.59 Å². The number of ether oxygens (including phenoxy) is 3. The fourth-order valence-corrected chi connectivity index (χ4v) is 1.59. The lowest BCUT2D eigenvalue weighted by atomic mass is 10.2. The zero-order valence-electron chi connectivity index (χ0n) is 9.71. The summed E-state index contributed by atoms with van der Waals surface area (Å²) >= 11 is 0. The highest BCUT2D eigenvalue weighted by Gasteiger charge is 2.31. The molecule has 0 spiro atoms. The van der Waals surface area contributed by atoms with Gasteiger partial charge < -0.3 is 19.3 Å². The fraction of sp³-hybridized carbons (Fsp3) is 0.333. The van der Waals surface area contributed by atoms with E-state index < -0.39 is 18.0 Å². The lowest BCUT2D eigenvalue weighted by Gasteiger charge is -2.10. The first kappa shape index (κ1) is 12.2. The third-order valence-electron chi connectivity index (χ3n) is 2.56. The highest BCUT2D eigenvalue weighted by molar-refractivity contribution is 5.94. The monoisotopic (exact) mass is 252 g/mol. The maximum Gasteiger partial charge on any atom is 0.347 e. The van der Waals surface area contributed by atoms with Crippen LogP contribution in [0.3, 0.4) is 0 Å². The molecule has 0 radical (unpaired) electrons. The van der Waals surface area contributed by atoms with Crippen LogP contribution in [-0.4, -0.2) is 36.9 Å². The maximum absolute atomic E-state index is 11.7. The van der Waals surface area contributed by atoms with Crippen molar-refractivity contribution in [2.45, 2.75) is 12.5 Å². The standard InChI is InChI=1S/C12H12O6/c1-16-7-2-3-8(9(13)6-7)11(14)18-10-4-5-17-12(10)15/h2-3,6,10,13H,4-5H2,1H3/t10-/m1/s1. The molecule has 0 aromatic heterocycles. The van der Waals surface area contributed by atoms with E-state index in [0.717, 1.165) is 0 Å². The van der Waals surface area contributed by atoms with Crippen LogP contribution in [-0.2, 0) is 14.3 Å². The van der Waals surface area contributed by atoms with Gasteiger partial charge >= 0.3 is 11.9 Å². The van der Waals surface area contributed by atoms with Crippen molar-refractivity contribution in [2.24, 2.45) is 0 Å². The van der Waals surface area contributed by atoms with Gasteiger partial charge in [-0.1, -0.05) is 0 Å². The molecule has 1 aliphatic heterocycles. The molecule has 18 heavy (non-hydrogen) atoms. The Morgan fingerprint density at radius 3 is 2.83 bits per heavy atom. The first-order chi connectivity index (χ1) is 8.61. The molecule has 6 heteroatoms. The second-order valence-corrected chi connectivity index (χ2v) is 3.73. The van der Waals surface area contributed by atoms with E-state index in [-0.39, 0.29) is 17.9 Å². The Morgan fingerprint density at radius 1 is 1.50 bits per heavy atom. The second kappa shape index (κ2) is 4.95. The van der Waals surface area contributed by atoms with Crippen LogP contribution in [0.1, 0.15) is 16.8 Å². The lowest BCUT2D eigenvalue weighted by Crippen LogP contribution is -2.22. The Kier molecular flexibility index (Phi) is 3.36. The molecule has 0 aliphatic carbocycles. The average Bonchev–Trinajstić information content (AvgIpc) is 2.74. The molecule has 1 aromatic rings. The van der Waals surface area contributed by atoms with Gasteiger partial charge in [0, 0.05) is 12.5 Å². The van der Waals surface area contributed by atoms with Crippen LogP contribution < -0.4 is 4.74 Å². The summed E-state index contributed by atoms with van der Waals surface area (Å²) < 4.78 is 14.5. The predicted molar refractivity (Wildman–Crippen MR) is 59.4 cm³/mol. The molecule has 0 saturated carbocycles. The Bertz CT molecular complexity index is 481. The first-order valence-corrected chi connectivity index (χ1v) is 5.36. The van der Waals surface area contributed by atoms with Crippen molar-refractivity contribution in [2.75, 3.05) is 13.7 Å². The Balaban J connectivity index is 2.11. The molecule has 1 N–H and O–H groups in total. The molecule has 0 unspecified atom stereocenters. The molecule has 1 atom stereocenters. The number of phenols is 1. The van der Waals surface area contributed by atoms with Crippen molar-refractivity contribution < 1.29 is 28.9 Å². The normalized spacial score (nSPS) is 18.3. The van der Waals surface area contributed by atoms with E-state index in [2.05, 4.69) is 4.74 Å². The third-order valence-corrected chi connectivity index (χ3v) is 2.56. The van der Waals surface area contributed by atoms with Gasteiger partial charge in [0.2, 0.25) is 6.10 Å². The van der Waals surface area contributed by atoms with Gasteiger partial charge in [0.15, 0.2) is 0 Å². The zero-order valence-corrected chi connectivity index (χ0v) is 9.71. The summed E-state index contributed by atoms with van der Waals surface area (Å²) in [5.41, 5.74) is -0.0181. The SMILES string of the molecule is COc1ccc(C(=O)O[C@@H]2CCOC2=O)c(O)c1. The molecule has 1 fully saturated rings. The number of phenolic OH excluding ortho intramolecular Hbond substituents is 1. The summed E-state index contributed by atoms with van der Waals surface area (Å²) in [6.45, 7) is 0.241. The number of aromatic hydroxyl groups is 1. The highest BCUT2D eigenvalue weighted by Crippen LogP contribution is 2.25. The first-order valence-electron chi connectivity index (χ1n) is 5.36. The van der Waals surface area contributed by atoms with Crippen LogP contribution >= 0.6 is 0 Å². The number of rotatable bonds is 3.